The number of aryl methyl sites for hydroxylation is 1. The van der Waals surface area contributed by atoms with Crippen molar-refractivity contribution in [2.24, 2.45) is 0 Å². The first-order valence-corrected chi connectivity index (χ1v) is 6.77. The van der Waals surface area contributed by atoms with E-state index in [-0.39, 0.29) is 18.3 Å². The van der Waals surface area contributed by atoms with Gasteiger partial charge in [-0.2, -0.15) is 4.98 Å². The van der Waals surface area contributed by atoms with Gasteiger partial charge in [0.05, 0.1) is 6.61 Å². The number of amides is 1. The van der Waals surface area contributed by atoms with Crippen molar-refractivity contribution in [3.05, 3.63) is 53.4 Å². The minimum absolute atomic E-state index is 0.0136. The number of ether oxygens (including phenoxy) is 1. The average molecular weight is 300 g/mol. The third-order valence-electron chi connectivity index (χ3n) is 2.72. The number of benzene rings is 1. The van der Waals surface area contributed by atoms with Crippen LogP contribution >= 0.6 is 0 Å². The molecule has 1 heterocycles. The van der Waals surface area contributed by atoms with Crippen molar-refractivity contribution in [1.29, 1.82) is 0 Å². The van der Waals surface area contributed by atoms with E-state index in [1.807, 2.05) is 31.2 Å². The minimum Gasteiger partial charge on any atom is -0.461 e. The third kappa shape index (κ3) is 4.31. The molecule has 1 amide bonds. The first-order chi connectivity index (χ1) is 10.6. The van der Waals surface area contributed by atoms with E-state index in [9.17, 15) is 9.59 Å². The van der Waals surface area contributed by atoms with E-state index in [4.69, 9.17) is 9.15 Å². The fraction of sp³-hybridized carbons (Fsp3) is 0.188. The summed E-state index contributed by atoms with van der Waals surface area (Å²) in [5.74, 6) is -1.00. The van der Waals surface area contributed by atoms with E-state index in [1.54, 1.807) is 13.0 Å². The maximum Gasteiger partial charge on any atom is 0.360 e. The predicted octanol–water partition coefficient (Wildman–Crippen LogP) is 2.81. The van der Waals surface area contributed by atoms with E-state index >= 15 is 0 Å². The van der Waals surface area contributed by atoms with Gasteiger partial charge in [-0.05, 0) is 25.5 Å². The Kier molecular flexibility index (Phi) is 5.08. The highest BCUT2D eigenvalue weighted by Gasteiger charge is 2.13. The number of nitrogens with zero attached hydrogens (tertiary/aromatic N) is 1. The summed E-state index contributed by atoms with van der Waals surface area (Å²) in [7, 11) is 0. The molecule has 0 aliphatic rings. The lowest BCUT2D eigenvalue weighted by Gasteiger charge is -1.96. The standard InChI is InChI=1S/C16H16N2O4/c1-3-21-15(20)13-10-22-16(17-13)18-14(19)9-8-12-6-4-11(2)5-7-12/h4-10H,3H2,1-2H3,(H,17,18,19)/b9-8+. The number of aromatic nitrogens is 1. The van der Waals surface area contributed by atoms with Crippen molar-refractivity contribution in [1.82, 2.24) is 4.98 Å². The highest BCUT2D eigenvalue weighted by molar-refractivity contribution is 6.01. The molecule has 0 saturated carbocycles. The van der Waals surface area contributed by atoms with Gasteiger partial charge in [0.15, 0.2) is 5.69 Å². The van der Waals surface area contributed by atoms with Crippen molar-refractivity contribution in [2.75, 3.05) is 11.9 Å². The van der Waals surface area contributed by atoms with Gasteiger partial charge in [0.25, 0.3) is 5.91 Å². The second-order valence-corrected chi connectivity index (χ2v) is 4.49. The second-order valence-electron chi connectivity index (χ2n) is 4.49. The molecule has 0 aliphatic carbocycles. The van der Waals surface area contributed by atoms with E-state index in [0.717, 1.165) is 17.4 Å². The van der Waals surface area contributed by atoms with Crippen molar-refractivity contribution in [2.45, 2.75) is 13.8 Å². The quantitative estimate of drug-likeness (QED) is 0.678. The monoisotopic (exact) mass is 300 g/mol. The van der Waals surface area contributed by atoms with Crippen LogP contribution in [0.15, 0.2) is 41.0 Å². The molecule has 114 valence electrons. The van der Waals surface area contributed by atoms with Gasteiger partial charge in [-0.3, -0.25) is 10.1 Å². The lowest BCUT2D eigenvalue weighted by molar-refractivity contribution is -0.112. The molecule has 0 unspecified atom stereocenters. The smallest absolute Gasteiger partial charge is 0.360 e. The molecule has 0 bridgehead atoms. The summed E-state index contributed by atoms with van der Waals surface area (Å²) in [5, 5.41) is 2.43. The first-order valence-electron chi connectivity index (χ1n) is 6.77. The second kappa shape index (κ2) is 7.21. The van der Waals surface area contributed by atoms with E-state index in [1.165, 1.54) is 6.08 Å². The number of nitrogens with one attached hydrogen (secondary N) is 1. The molecule has 0 saturated heterocycles. The van der Waals surface area contributed by atoms with Crippen LogP contribution in [0.1, 0.15) is 28.5 Å². The van der Waals surface area contributed by atoms with Gasteiger partial charge in [0, 0.05) is 6.08 Å². The lowest BCUT2D eigenvalue weighted by Crippen LogP contribution is -2.09. The molecule has 0 fully saturated rings. The number of esters is 1. The van der Waals surface area contributed by atoms with Crippen LogP contribution in [0.2, 0.25) is 0 Å². The molecule has 0 aliphatic heterocycles. The van der Waals surface area contributed by atoms with Crippen LogP contribution in [0.25, 0.3) is 6.08 Å². The molecule has 22 heavy (non-hydrogen) atoms. The maximum absolute atomic E-state index is 11.7. The predicted molar refractivity (Wildman–Crippen MR) is 81.3 cm³/mol. The van der Waals surface area contributed by atoms with Crippen LogP contribution in [0.5, 0.6) is 0 Å². The SMILES string of the molecule is CCOC(=O)c1coc(NC(=O)/C=C/c2ccc(C)cc2)n1. The Morgan fingerprint density at radius 1 is 1.32 bits per heavy atom. The number of oxazole rings is 1. The van der Waals surface area contributed by atoms with Crippen LogP contribution in [-0.2, 0) is 9.53 Å². The van der Waals surface area contributed by atoms with Gasteiger partial charge in [0.1, 0.15) is 6.26 Å². The molecule has 2 rings (SSSR count). The highest BCUT2D eigenvalue weighted by Crippen LogP contribution is 2.09. The van der Waals surface area contributed by atoms with Crippen LogP contribution in [0, 0.1) is 6.92 Å². The average Bonchev–Trinajstić information content (AvgIpc) is 2.95. The van der Waals surface area contributed by atoms with Crippen molar-refractivity contribution in [3.63, 3.8) is 0 Å². The Balaban J connectivity index is 1.94. The molecule has 1 aromatic heterocycles. The number of rotatable bonds is 5. The number of carbonyl (C=O) groups is 2. The molecule has 0 radical (unpaired) electrons. The van der Waals surface area contributed by atoms with Gasteiger partial charge in [0.2, 0.25) is 0 Å². The summed E-state index contributed by atoms with van der Waals surface area (Å²) in [6, 6.07) is 7.67. The van der Waals surface area contributed by atoms with Crippen molar-refractivity contribution >= 4 is 24.0 Å². The van der Waals surface area contributed by atoms with Crippen LogP contribution < -0.4 is 5.32 Å². The number of hydrogen-bond acceptors (Lipinski definition) is 5. The number of carbonyl (C=O) groups excluding carboxylic acids is 2. The van der Waals surface area contributed by atoms with Crippen LogP contribution in [-0.4, -0.2) is 23.5 Å². The summed E-state index contributed by atoms with van der Waals surface area (Å²) in [6.45, 7) is 3.92. The molecular weight excluding hydrogens is 284 g/mol. The zero-order valence-electron chi connectivity index (χ0n) is 12.3. The summed E-state index contributed by atoms with van der Waals surface area (Å²) >= 11 is 0. The molecule has 1 N–H and O–H groups in total. The third-order valence-corrected chi connectivity index (χ3v) is 2.72. The maximum atomic E-state index is 11.7. The molecule has 0 spiro atoms. The first kappa shape index (κ1) is 15.5. The lowest BCUT2D eigenvalue weighted by atomic mass is 10.1. The van der Waals surface area contributed by atoms with Gasteiger partial charge in [-0.15, -0.1) is 0 Å². The van der Waals surface area contributed by atoms with E-state index < -0.39 is 11.9 Å². The molecular formula is C16H16N2O4. The van der Waals surface area contributed by atoms with E-state index in [0.29, 0.717) is 0 Å². The van der Waals surface area contributed by atoms with Gasteiger partial charge < -0.3 is 9.15 Å². The Labute approximate surface area is 127 Å². The Morgan fingerprint density at radius 3 is 2.73 bits per heavy atom. The van der Waals surface area contributed by atoms with Crippen LogP contribution in [0.3, 0.4) is 0 Å². The number of hydrogen-bond donors (Lipinski definition) is 1. The Morgan fingerprint density at radius 2 is 2.05 bits per heavy atom. The van der Waals surface area contributed by atoms with Gasteiger partial charge in [-0.25, -0.2) is 4.79 Å². The molecule has 6 heteroatoms. The zero-order chi connectivity index (χ0) is 15.9. The molecule has 0 atom stereocenters. The topological polar surface area (TPSA) is 81.4 Å². The van der Waals surface area contributed by atoms with Crippen molar-refractivity contribution < 1.29 is 18.7 Å². The summed E-state index contributed by atoms with van der Waals surface area (Å²) in [4.78, 5) is 27.0. The Hall–Kier alpha value is -2.89. The van der Waals surface area contributed by atoms with Gasteiger partial charge in [-0.1, -0.05) is 29.8 Å². The summed E-state index contributed by atoms with van der Waals surface area (Å²) < 4.78 is 9.77. The normalized spacial score (nSPS) is 10.6. The molecule has 6 nitrogen and oxygen atoms in total. The Bertz CT molecular complexity index is 686. The summed E-state index contributed by atoms with van der Waals surface area (Å²) in [6.07, 6.45) is 4.17. The minimum atomic E-state index is -0.595. The molecule has 1 aromatic carbocycles. The molecule has 2 aromatic rings. The van der Waals surface area contributed by atoms with Crippen molar-refractivity contribution in [3.8, 4) is 0 Å². The number of anilines is 1. The van der Waals surface area contributed by atoms with Gasteiger partial charge >= 0.3 is 12.0 Å². The zero-order valence-corrected chi connectivity index (χ0v) is 12.3. The largest absolute Gasteiger partial charge is 0.461 e. The fourth-order valence-corrected chi connectivity index (χ4v) is 1.63. The fourth-order valence-electron chi connectivity index (χ4n) is 1.63. The van der Waals surface area contributed by atoms with E-state index in [2.05, 4.69) is 10.3 Å². The highest BCUT2D eigenvalue weighted by atomic mass is 16.5. The van der Waals surface area contributed by atoms with Crippen LogP contribution in [0.4, 0.5) is 6.01 Å². The summed E-state index contributed by atoms with van der Waals surface area (Å²) in [5.41, 5.74) is 2.06.